The monoisotopic (exact) mass is 236 g/mol. The standard InChI is InChI=1S/C13H20N2O2/c1-3-13(7-5-8-14-13)12(16)15-10(2)11-6-4-9-17-11/h4,6,9-10,14H,3,5,7-8H2,1-2H3,(H,15,16). The number of nitrogens with one attached hydrogen (secondary N) is 2. The lowest BCUT2D eigenvalue weighted by Crippen LogP contribution is -2.53. The topological polar surface area (TPSA) is 54.3 Å². The van der Waals surface area contributed by atoms with Crippen molar-refractivity contribution in [2.75, 3.05) is 6.54 Å². The van der Waals surface area contributed by atoms with Gasteiger partial charge in [0.25, 0.3) is 0 Å². The molecule has 1 saturated heterocycles. The van der Waals surface area contributed by atoms with Gasteiger partial charge in [0.2, 0.25) is 5.91 Å². The van der Waals surface area contributed by atoms with Gasteiger partial charge in [-0.1, -0.05) is 6.92 Å². The van der Waals surface area contributed by atoms with Crippen molar-refractivity contribution in [3.63, 3.8) is 0 Å². The molecule has 0 aliphatic carbocycles. The van der Waals surface area contributed by atoms with E-state index in [4.69, 9.17) is 4.42 Å². The molecule has 4 nitrogen and oxygen atoms in total. The predicted molar refractivity (Wildman–Crippen MR) is 65.5 cm³/mol. The fourth-order valence-electron chi connectivity index (χ4n) is 2.41. The van der Waals surface area contributed by atoms with Gasteiger partial charge < -0.3 is 15.1 Å². The van der Waals surface area contributed by atoms with E-state index in [2.05, 4.69) is 17.6 Å². The Labute approximate surface area is 102 Å². The maximum absolute atomic E-state index is 12.3. The normalized spacial score (nSPS) is 25.8. The fraction of sp³-hybridized carbons (Fsp3) is 0.615. The SMILES string of the molecule is CCC1(C(=O)NC(C)c2ccco2)CCCN1. The Morgan fingerprint density at radius 1 is 1.71 bits per heavy atom. The van der Waals surface area contributed by atoms with Crippen LogP contribution >= 0.6 is 0 Å². The summed E-state index contributed by atoms with van der Waals surface area (Å²) in [6, 6.07) is 3.64. The third-order valence-corrected chi connectivity index (χ3v) is 3.60. The van der Waals surface area contributed by atoms with Crippen molar-refractivity contribution in [3.8, 4) is 0 Å². The van der Waals surface area contributed by atoms with E-state index in [9.17, 15) is 4.79 Å². The molecule has 17 heavy (non-hydrogen) atoms. The third kappa shape index (κ3) is 2.36. The molecule has 0 bridgehead atoms. The van der Waals surface area contributed by atoms with Crippen molar-refractivity contribution in [2.45, 2.75) is 44.7 Å². The van der Waals surface area contributed by atoms with Crippen molar-refractivity contribution in [1.29, 1.82) is 0 Å². The second kappa shape index (κ2) is 4.92. The minimum atomic E-state index is -0.374. The second-order valence-corrected chi connectivity index (χ2v) is 4.68. The van der Waals surface area contributed by atoms with Crippen LogP contribution in [0.1, 0.15) is 44.9 Å². The highest BCUT2D eigenvalue weighted by atomic mass is 16.3. The molecule has 1 aromatic rings. The van der Waals surface area contributed by atoms with Crippen LogP contribution in [0.3, 0.4) is 0 Å². The lowest BCUT2D eigenvalue weighted by Gasteiger charge is -2.28. The number of hydrogen-bond donors (Lipinski definition) is 2. The Morgan fingerprint density at radius 2 is 2.53 bits per heavy atom. The molecule has 0 aromatic carbocycles. The zero-order valence-corrected chi connectivity index (χ0v) is 10.5. The number of amides is 1. The van der Waals surface area contributed by atoms with Gasteiger partial charge in [-0.2, -0.15) is 0 Å². The fourth-order valence-corrected chi connectivity index (χ4v) is 2.41. The van der Waals surface area contributed by atoms with Crippen LogP contribution in [-0.4, -0.2) is 18.0 Å². The van der Waals surface area contributed by atoms with Crippen LogP contribution in [0.4, 0.5) is 0 Å². The minimum absolute atomic E-state index is 0.0803. The van der Waals surface area contributed by atoms with E-state index in [1.807, 2.05) is 19.1 Å². The van der Waals surface area contributed by atoms with Crippen LogP contribution in [0.5, 0.6) is 0 Å². The first kappa shape index (κ1) is 12.2. The third-order valence-electron chi connectivity index (χ3n) is 3.60. The highest BCUT2D eigenvalue weighted by molar-refractivity contribution is 5.86. The molecule has 2 unspecified atom stereocenters. The quantitative estimate of drug-likeness (QED) is 0.840. The maximum atomic E-state index is 12.3. The Kier molecular flexibility index (Phi) is 3.52. The molecule has 2 atom stereocenters. The lowest BCUT2D eigenvalue weighted by molar-refractivity contribution is -0.128. The van der Waals surface area contributed by atoms with Crippen molar-refractivity contribution >= 4 is 5.91 Å². The number of rotatable bonds is 4. The van der Waals surface area contributed by atoms with Gasteiger partial charge in [0.05, 0.1) is 17.8 Å². The van der Waals surface area contributed by atoms with Crippen LogP contribution < -0.4 is 10.6 Å². The van der Waals surface area contributed by atoms with Crippen molar-refractivity contribution in [3.05, 3.63) is 24.2 Å². The number of carbonyl (C=O) groups excluding carboxylic acids is 1. The van der Waals surface area contributed by atoms with E-state index in [-0.39, 0.29) is 17.5 Å². The largest absolute Gasteiger partial charge is 0.467 e. The predicted octanol–water partition coefficient (Wildman–Crippen LogP) is 1.99. The lowest BCUT2D eigenvalue weighted by atomic mass is 9.93. The molecule has 4 heteroatoms. The molecule has 1 aromatic heterocycles. The zero-order chi connectivity index (χ0) is 12.3. The molecule has 1 aliphatic rings. The van der Waals surface area contributed by atoms with Crippen molar-refractivity contribution in [1.82, 2.24) is 10.6 Å². The van der Waals surface area contributed by atoms with Gasteiger partial charge in [-0.15, -0.1) is 0 Å². The summed E-state index contributed by atoms with van der Waals surface area (Å²) < 4.78 is 5.29. The highest BCUT2D eigenvalue weighted by Crippen LogP contribution is 2.24. The van der Waals surface area contributed by atoms with E-state index in [1.54, 1.807) is 6.26 Å². The molecule has 0 saturated carbocycles. The summed E-state index contributed by atoms with van der Waals surface area (Å²) in [6.45, 7) is 4.92. The van der Waals surface area contributed by atoms with Gasteiger partial charge in [-0.05, 0) is 44.9 Å². The maximum Gasteiger partial charge on any atom is 0.240 e. The van der Waals surface area contributed by atoms with E-state index in [0.717, 1.165) is 31.6 Å². The summed E-state index contributed by atoms with van der Waals surface area (Å²) in [6.07, 6.45) is 4.43. The summed E-state index contributed by atoms with van der Waals surface area (Å²) in [4.78, 5) is 12.3. The molecule has 1 amide bonds. The molecular weight excluding hydrogens is 216 g/mol. The minimum Gasteiger partial charge on any atom is -0.467 e. The van der Waals surface area contributed by atoms with E-state index >= 15 is 0 Å². The Morgan fingerprint density at radius 3 is 3.06 bits per heavy atom. The van der Waals surface area contributed by atoms with Gasteiger partial charge in [0.15, 0.2) is 0 Å². The molecule has 1 aliphatic heterocycles. The molecule has 0 spiro atoms. The molecular formula is C13H20N2O2. The van der Waals surface area contributed by atoms with E-state index in [1.165, 1.54) is 0 Å². The molecule has 1 fully saturated rings. The Bertz CT molecular complexity index is 367. The Balaban J connectivity index is 2.01. The first-order chi connectivity index (χ1) is 8.18. The van der Waals surface area contributed by atoms with Crippen LogP contribution in [-0.2, 0) is 4.79 Å². The molecule has 2 N–H and O–H groups in total. The van der Waals surface area contributed by atoms with Crippen LogP contribution in [0.15, 0.2) is 22.8 Å². The van der Waals surface area contributed by atoms with Crippen LogP contribution in [0.25, 0.3) is 0 Å². The summed E-state index contributed by atoms with van der Waals surface area (Å²) >= 11 is 0. The van der Waals surface area contributed by atoms with Gasteiger partial charge >= 0.3 is 0 Å². The van der Waals surface area contributed by atoms with E-state index in [0.29, 0.717) is 0 Å². The van der Waals surface area contributed by atoms with Gasteiger partial charge in [0, 0.05) is 0 Å². The van der Waals surface area contributed by atoms with Crippen molar-refractivity contribution < 1.29 is 9.21 Å². The summed E-state index contributed by atoms with van der Waals surface area (Å²) in [5.41, 5.74) is -0.374. The molecule has 2 heterocycles. The zero-order valence-electron chi connectivity index (χ0n) is 10.5. The van der Waals surface area contributed by atoms with Crippen LogP contribution in [0, 0.1) is 0 Å². The average molecular weight is 236 g/mol. The van der Waals surface area contributed by atoms with Crippen LogP contribution in [0.2, 0.25) is 0 Å². The average Bonchev–Trinajstić information content (AvgIpc) is 3.01. The number of hydrogen-bond acceptors (Lipinski definition) is 3. The summed E-state index contributed by atoms with van der Waals surface area (Å²) in [5, 5.41) is 6.35. The van der Waals surface area contributed by atoms with Gasteiger partial charge in [-0.25, -0.2) is 0 Å². The molecule has 0 radical (unpaired) electrons. The number of furan rings is 1. The Hall–Kier alpha value is -1.29. The molecule has 94 valence electrons. The van der Waals surface area contributed by atoms with Gasteiger partial charge in [0.1, 0.15) is 5.76 Å². The van der Waals surface area contributed by atoms with E-state index < -0.39 is 0 Å². The summed E-state index contributed by atoms with van der Waals surface area (Å²) in [5.74, 6) is 0.879. The number of carbonyl (C=O) groups is 1. The van der Waals surface area contributed by atoms with Crippen molar-refractivity contribution in [2.24, 2.45) is 0 Å². The molecule has 2 rings (SSSR count). The first-order valence-electron chi connectivity index (χ1n) is 6.27. The smallest absolute Gasteiger partial charge is 0.240 e. The van der Waals surface area contributed by atoms with Gasteiger partial charge in [-0.3, -0.25) is 4.79 Å². The highest BCUT2D eigenvalue weighted by Gasteiger charge is 2.39. The summed E-state index contributed by atoms with van der Waals surface area (Å²) in [7, 11) is 0. The first-order valence-corrected chi connectivity index (χ1v) is 6.27. The second-order valence-electron chi connectivity index (χ2n) is 4.68.